The molecule has 0 aromatic rings. The van der Waals surface area contributed by atoms with Crippen LogP contribution >= 0.6 is 0 Å². The van der Waals surface area contributed by atoms with E-state index in [4.69, 9.17) is 4.74 Å². The molecule has 74 valence electrons. The molecule has 1 aliphatic rings. The topological polar surface area (TPSA) is 44.2 Å². The Hall–Kier alpha value is -0.0800. The second-order valence-electron chi connectivity index (χ2n) is 3.42. The van der Waals surface area contributed by atoms with Crippen LogP contribution < -0.4 is 6.15 Å². The second kappa shape index (κ2) is 7.56. The van der Waals surface area contributed by atoms with Gasteiger partial charge in [-0.15, -0.1) is 0 Å². The van der Waals surface area contributed by atoms with Gasteiger partial charge in [-0.05, 0) is 19.8 Å². The highest BCUT2D eigenvalue weighted by Gasteiger charge is 2.09. The molecule has 0 aromatic carbocycles. The first-order valence-electron chi connectivity index (χ1n) is 5.05. The number of hydrogen-bond acceptors (Lipinski definition) is 2. The van der Waals surface area contributed by atoms with E-state index < -0.39 is 0 Å². The SMILES string of the molecule is CCOC1CCCCCCC1.N. The molecule has 0 bridgehead atoms. The smallest absolute Gasteiger partial charge is 0.0575 e. The van der Waals surface area contributed by atoms with Crippen LogP contribution in [0.25, 0.3) is 0 Å². The van der Waals surface area contributed by atoms with Gasteiger partial charge in [-0.2, -0.15) is 0 Å². The quantitative estimate of drug-likeness (QED) is 0.696. The molecule has 1 rings (SSSR count). The Labute approximate surface area is 76.3 Å². The van der Waals surface area contributed by atoms with Crippen LogP contribution in [-0.4, -0.2) is 12.7 Å². The molecule has 0 unspecified atom stereocenters. The molecule has 0 saturated heterocycles. The van der Waals surface area contributed by atoms with Crippen molar-refractivity contribution in [3.05, 3.63) is 0 Å². The Morgan fingerprint density at radius 2 is 1.50 bits per heavy atom. The summed E-state index contributed by atoms with van der Waals surface area (Å²) >= 11 is 0. The summed E-state index contributed by atoms with van der Waals surface area (Å²) in [6.07, 6.45) is 10.2. The lowest BCUT2D eigenvalue weighted by atomic mass is 9.99. The van der Waals surface area contributed by atoms with E-state index in [-0.39, 0.29) is 6.15 Å². The molecule has 2 nitrogen and oxygen atoms in total. The Morgan fingerprint density at radius 3 is 2.00 bits per heavy atom. The average molecular weight is 173 g/mol. The van der Waals surface area contributed by atoms with Gasteiger partial charge in [0.1, 0.15) is 0 Å². The van der Waals surface area contributed by atoms with Crippen molar-refractivity contribution in [1.29, 1.82) is 0 Å². The van der Waals surface area contributed by atoms with Gasteiger partial charge < -0.3 is 10.9 Å². The summed E-state index contributed by atoms with van der Waals surface area (Å²) in [5.74, 6) is 0. The van der Waals surface area contributed by atoms with Gasteiger partial charge in [0, 0.05) is 6.61 Å². The molecule has 0 aliphatic heterocycles. The summed E-state index contributed by atoms with van der Waals surface area (Å²) < 4.78 is 5.62. The molecule has 12 heavy (non-hydrogen) atoms. The van der Waals surface area contributed by atoms with E-state index in [1.807, 2.05) is 0 Å². The first kappa shape index (κ1) is 11.9. The first-order chi connectivity index (χ1) is 5.43. The van der Waals surface area contributed by atoms with E-state index in [0.29, 0.717) is 6.10 Å². The molecule has 1 fully saturated rings. The summed E-state index contributed by atoms with van der Waals surface area (Å²) in [5, 5.41) is 0. The highest BCUT2D eigenvalue weighted by molar-refractivity contribution is 4.62. The van der Waals surface area contributed by atoms with Gasteiger partial charge >= 0.3 is 0 Å². The summed E-state index contributed by atoms with van der Waals surface area (Å²) in [4.78, 5) is 0. The molecule has 0 radical (unpaired) electrons. The summed E-state index contributed by atoms with van der Waals surface area (Å²) in [7, 11) is 0. The third-order valence-electron chi connectivity index (χ3n) is 2.45. The lowest BCUT2D eigenvalue weighted by Crippen LogP contribution is -2.14. The van der Waals surface area contributed by atoms with Crippen LogP contribution in [0.5, 0.6) is 0 Å². The fourth-order valence-electron chi connectivity index (χ4n) is 1.82. The van der Waals surface area contributed by atoms with E-state index in [0.717, 1.165) is 6.61 Å². The van der Waals surface area contributed by atoms with Gasteiger partial charge in [-0.25, -0.2) is 0 Å². The van der Waals surface area contributed by atoms with E-state index in [1.54, 1.807) is 0 Å². The number of ether oxygens (including phenoxy) is 1. The second-order valence-corrected chi connectivity index (χ2v) is 3.42. The van der Waals surface area contributed by atoms with Crippen molar-refractivity contribution in [3.63, 3.8) is 0 Å². The van der Waals surface area contributed by atoms with Gasteiger partial charge in [0.05, 0.1) is 6.10 Å². The monoisotopic (exact) mass is 173 g/mol. The van der Waals surface area contributed by atoms with Crippen molar-refractivity contribution in [1.82, 2.24) is 6.15 Å². The van der Waals surface area contributed by atoms with Crippen molar-refractivity contribution < 1.29 is 4.74 Å². The van der Waals surface area contributed by atoms with Gasteiger partial charge in [0.15, 0.2) is 0 Å². The Balaban J connectivity index is 0.00000121. The maximum Gasteiger partial charge on any atom is 0.0575 e. The van der Waals surface area contributed by atoms with Gasteiger partial charge in [0.25, 0.3) is 0 Å². The van der Waals surface area contributed by atoms with Crippen molar-refractivity contribution in [2.75, 3.05) is 6.61 Å². The summed E-state index contributed by atoms with van der Waals surface area (Å²) in [6.45, 7) is 2.99. The van der Waals surface area contributed by atoms with Gasteiger partial charge in [-0.3, -0.25) is 0 Å². The molecule has 0 amide bonds. The molecular weight excluding hydrogens is 150 g/mol. The molecule has 0 atom stereocenters. The zero-order valence-corrected chi connectivity index (χ0v) is 8.35. The maximum atomic E-state index is 5.62. The third kappa shape index (κ3) is 4.73. The highest BCUT2D eigenvalue weighted by atomic mass is 16.5. The van der Waals surface area contributed by atoms with Crippen LogP contribution in [0.4, 0.5) is 0 Å². The molecule has 1 aliphatic carbocycles. The Kier molecular flexibility index (Phi) is 7.51. The fourth-order valence-corrected chi connectivity index (χ4v) is 1.82. The highest BCUT2D eigenvalue weighted by Crippen LogP contribution is 2.18. The fraction of sp³-hybridized carbons (Fsp3) is 1.00. The standard InChI is InChI=1S/C10H20O.H3N/c1-2-11-10-8-6-4-3-5-7-9-10;/h10H,2-9H2,1H3;1H3. The van der Waals surface area contributed by atoms with Crippen LogP contribution in [0.2, 0.25) is 0 Å². The normalized spacial score (nSPS) is 20.8. The van der Waals surface area contributed by atoms with Crippen LogP contribution in [0.15, 0.2) is 0 Å². The minimum atomic E-state index is 0. The Morgan fingerprint density at radius 1 is 1.00 bits per heavy atom. The van der Waals surface area contributed by atoms with E-state index in [1.165, 1.54) is 44.9 Å². The van der Waals surface area contributed by atoms with Crippen molar-refractivity contribution in [2.45, 2.75) is 58.0 Å². The minimum Gasteiger partial charge on any atom is -0.379 e. The largest absolute Gasteiger partial charge is 0.379 e. The molecule has 0 heterocycles. The predicted molar refractivity (Wildman–Crippen MR) is 52.8 cm³/mol. The van der Waals surface area contributed by atoms with Crippen molar-refractivity contribution in [2.24, 2.45) is 0 Å². The predicted octanol–water partition coefficient (Wildman–Crippen LogP) is 3.30. The molecule has 0 aromatic heterocycles. The molecule has 1 saturated carbocycles. The minimum absolute atomic E-state index is 0. The third-order valence-corrected chi connectivity index (χ3v) is 2.45. The van der Waals surface area contributed by atoms with E-state index in [2.05, 4.69) is 6.92 Å². The lowest BCUT2D eigenvalue weighted by Gasteiger charge is -2.19. The van der Waals surface area contributed by atoms with Crippen LogP contribution in [0.1, 0.15) is 51.9 Å². The van der Waals surface area contributed by atoms with Gasteiger partial charge in [-0.1, -0.05) is 32.1 Å². The van der Waals surface area contributed by atoms with Crippen molar-refractivity contribution >= 4 is 0 Å². The Bertz CT molecular complexity index is 87.8. The molecule has 3 N–H and O–H groups in total. The molecule has 0 spiro atoms. The maximum absolute atomic E-state index is 5.62. The number of hydrogen-bond donors (Lipinski definition) is 1. The molecular formula is C10H23NO. The van der Waals surface area contributed by atoms with Gasteiger partial charge in [0.2, 0.25) is 0 Å². The number of rotatable bonds is 2. The zero-order valence-electron chi connectivity index (χ0n) is 8.35. The first-order valence-corrected chi connectivity index (χ1v) is 5.05. The zero-order chi connectivity index (χ0) is 7.94. The average Bonchev–Trinajstić information content (AvgIpc) is 1.94. The summed E-state index contributed by atoms with van der Waals surface area (Å²) in [5.41, 5.74) is 0. The van der Waals surface area contributed by atoms with E-state index in [9.17, 15) is 0 Å². The van der Waals surface area contributed by atoms with Crippen LogP contribution in [0, 0.1) is 0 Å². The van der Waals surface area contributed by atoms with Crippen LogP contribution in [0.3, 0.4) is 0 Å². The van der Waals surface area contributed by atoms with Crippen molar-refractivity contribution in [3.8, 4) is 0 Å². The van der Waals surface area contributed by atoms with Crippen LogP contribution in [-0.2, 0) is 4.74 Å². The summed E-state index contributed by atoms with van der Waals surface area (Å²) in [6, 6.07) is 0. The van der Waals surface area contributed by atoms with E-state index >= 15 is 0 Å². The lowest BCUT2D eigenvalue weighted by molar-refractivity contribution is 0.0442. The molecule has 2 heteroatoms.